The second kappa shape index (κ2) is 18.1. The molecule has 1 unspecified atom stereocenters. The SMILES string of the molecule is C=CCc1ccc2c(c1)OCO2.CNCCC(Oc1ccc(C(F)(F)F)cc1)c1ccccc1.Nc1nnc(-c2cccc(Cl)c2Cl)c(N)n1. The number of nitrogen functional groups attached to an aromatic ring is 2. The molecule has 6 rings (SSSR count). The van der Waals surface area contributed by atoms with Gasteiger partial charge in [-0.25, -0.2) is 0 Å². The van der Waals surface area contributed by atoms with E-state index in [0.29, 0.717) is 33.8 Å². The normalized spacial score (nSPS) is 12.1. The Morgan fingerprint density at radius 2 is 1.66 bits per heavy atom. The van der Waals surface area contributed by atoms with Gasteiger partial charge < -0.3 is 31.0 Å². The number of hydrogen-bond acceptors (Lipinski definition) is 9. The second-order valence-corrected chi connectivity index (χ2v) is 11.4. The van der Waals surface area contributed by atoms with E-state index in [4.69, 9.17) is 48.9 Å². The molecule has 0 saturated carbocycles. The second-order valence-electron chi connectivity index (χ2n) is 10.6. The van der Waals surface area contributed by atoms with Crippen LogP contribution in [0.25, 0.3) is 11.3 Å². The van der Waals surface area contributed by atoms with E-state index in [1.54, 1.807) is 18.2 Å². The first-order valence-corrected chi connectivity index (χ1v) is 16.0. The number of aromatic nitrogens is 3. The zero-order valence-electron chi connectivity index (χ0n) is 27.0. The number of nitrogens with two attached hydrogens (primary N) is 2. The van der Waals surface area contributed by atoms with Gasteiger partial charge in [0.15, 0.2) is 17.3 Å². The highest BCUT2D eigenvalue weighted by Gasteiger charge is 2.30. The third kappa shape index (κ3) is 10.7. The Balaban J connectivity index is 0.000000176. The fraction of sp³-hybridized carbons (Fsp3) is 0.194. The van der Waals surface area contributed by atoms with Crippen molar-refractivity contribution in [2.75, 3.05) is 31.9 Å². The van der Waals surface area contributed by atoms with Crippen LogP contribution in [0.3, 0.4) is 0 Å². The molecule has 1 aliphatic rings. The predicted molar refractivity (Wildman–Crippen MR) is 190 cm³/mol. The van der Waals surface area contributed by atoms with Crippen LogP contribution in [0.4, 0.5) is 24.9 Å². The number of benzene rings is 4. The van der Waals surface area contributed by atoms with Crippen LogP contribution in [0, 0.1) is 0 Å². The van der Waals surface area contributed by atoms with Crippen molar-refractivity contribution in [2.45, 2.75) is 25.1 Å². The van der Waals surface area contributed by atoms with Gasteiger partial charge in [0.25, 0.3) is 0 Å². The molecule has 0 aliphatic carbocycles. The van der Waals surface area contributed by atoms with Gasteiger partial charge in [0.05, 0.1) is 15.6 Å². The fourth-order valence-corrected chi connectivity index (χ4v) is 4.98. The zero-order chi connectivity index (χ0) is 36.1. The van der Waals surface area contributed by atoms with Gasteiger partial charge in [-0.3, -0.25) is 0 Å². The van der Waals surface area contributed by atoms with E-state index in [1.165, 1.54) is 17.7 Å². The third-order valence-electron chi connectivity index (χ3n) is 7.04. The van der Waals surface area contributed by atoms with Crippen molar-refractivity contribution in [3.63, 3.8) is 0 Å². The van der Waals surface area contributed by atoms with E-state index in [1.807, 2.05) is 61.7 Å². The summed E-state index contributed by atoms with van der Waals surface area (Å²) in [5.74, 6) is 2.28. The average Bonchev–Trinajstić information content (AvgIpc) is 3.57. The van der Waals surface area contributed by atoms with Gasteiger partial charge >= 0.3 is 6.18 Å². The summed E-state index contributed by atoms with van der Waals surface area (Å²) < 4.78 is 54.0. The van der Waals surface area contributed by atoms with Crippen molar-refractivity contribution in [1.82, 2.24) is 20.5 Å². The molecule has 5 N–H and O–H groups in total. The molecule has 1 aliphatic heterocycles. The Kier molecular flexibility index (Phi) is 13.7. The number of anilines is 2. The first-order valence-electron chi connectivity index (χ1n) is 15.2. The molecule has 0 saturated heterocycles. The number of alkyl halides is 3. The Labute approximate surface area is 298 Å². The van der Waals surface area contributed by atoms with Gasteiger partial charge in [0.2, 0.25) is 12.7 Å². The molecule has 0 fully saturated rings. The summed E-state index contributed by atoms with van der Waals surface area (Å²) in [6, 6.07) is 25.5. The molecule has 50 heavy (non-hydrogen) atoms. The number of rotatable bonds is 9. The Morgan fingerprint density at radius 3 is 2.32 bits per heavy atom. The van der Waals surface area contributed by atoms with Gasteiger partial charge in [-0.05, 0) is 73.6 Å². The van der Waals surface area contributed by atoms with Crippen LogP contribution >= 0.6 is 23.2 Å². The van der Waals surface area contributed by atoms with Gasteiger partial charge in [-0.1, -0.05) is 77.8 Å². The molecule has 4 aromatic carbocycles. The summed E-state index contributed by atoms with van der Waals surface area (Å²) >= 11 is 11.9. The van der Waals surface area contributed by atoms with Gasteiger partial charge in [-0.15, -0.1) is 16.8 Å². The summed E-state index contributed by atoms with van der Waals surface area (Å²) in [7, 11) is 1.85. The van der Waals surface area contributed by atoms with Crippen LogP contribution in [0.2, 0.25) is 10.0 Å². The van der Waals surface area contributed by atoms with E-state index < -0.39 is 11.7 Å². The van der Waals surface area contributed by atoms with E-state index >= 15 is 0 Å². The van der Waals surface area contributed by atoms with Crippen LogP contribution in [-0.2, 0) is 12.6 Å². The number of nitrogens with one attached hydrogen (secondary N) is 1. The van der Waals surface area contributed by atoms with Crippen LogP contribution in [-0.4, -0.2) is 35.6 Å². The van der Waals surface area contributed by atoms with Gasteiger partial charge in [0, 0.05) is 12.0 Å². The molecule has 1 aromatic heterocycles. The van der Waals surface area contributed by atoms with Crippen molar-refractivity contribution in [3.05, 3.63) is 130 Å². The largest absolute Gasteiger partial charge is 0.486 e. The molecule has 14 heteroatoms. The first-order chi connectivity index (χ1) is 24.0. The Morgan fingerprint density at radius 1 is 0.940 bits per heavy atom. The average molecular weight is 728 g/mol. The minimum atomic E-state index is -4.33. The van der Waals surface area contributed by atoms with Crippen molar-refractivity contribution in [1.29, 1.82) is 0 Å². The summed E-state index contributed by atoms with van der Waals surface area (Å²) in [5.41, 5.74) is 13.5. The number of fused-ring (bicyclic) bond motifs is 1. The molecule has 262 valence electrons. The van der Waals surface area contributed by atoms with Crippen molar-refractivity contribution < 1.29 is 27.4 Å². The zero-order valence-corrected chi connectivity index (χ0v) is 28.5. The van der Waals surface area contributed by atoms with E-state index in [-0.39, 0.29) is 17.9 Å². The third-order valence-corrected chi connectivity index (χ3v) is 7.86. The van der Waals surface area contributed by atoms with Crippen molar-refractivity contribution in [2.24, 2.45) is 0 Å². The first kappa shape index (κ1) is 37.8. The molecular weight excluding hydrogens is 692 g/mol. The molecule has 9 nitrogen and oxygen atoms in total. The fourth-order valence-electron chi connectivity index (χ4n) is 4.59. The summed E-state index contributed by atoms with van der Waals surface area (Å²) in [5, 5.41) is 11.3. The standard InChI is InChI=1S/C17H18F3NO.C10H10O2.C9H7Cl2N5/c1-21-12-11-16(13-5-3-2-4-6-13)22-15-9-7-14(8-10-15)17(18,19)20;1-2-3-8-4-5-9-10(6-8)12-7-11-9;10-5-3-1-2-4(6(5)11)7-8(12)14-9(13)16-15-7/h2-10,16,21H,11-12H2,1H3;2,4-6H,1,3,7H2;1-3H,(H4,12,13,14,16). The summed E-state index contributed by atoms with van der Waals surface area (Å²) in [6.07, 6.45) is -1.07. The molecular formula is C36H35Cl2F3N6O3. The molecule has 1 atom stereocenters. The molecule has 0 amide bonds. The van der Waals surface area contributed by atoms with Crippen LogP contribution in [0.1, 0.15) is 29.2 Å². The smallest absolute Gasteiger partial charge is 0.416 e. The number of ether oxygens (including phenoxy) is 3. The lowest BCUT2D eigenvalue weighted by molar-refractivity contribution is -0.137. The van der Waals surface area contributed by atoms with Crippen LogP contribution in [0.15, 0.2) is 104 Å². The molecule has 0 spiro atoms. The lowest BCUT2D eigenvalue weighted by Crippen LogP contribution is -2.16. The number of allylic oxidation sites excluding steroid dienone is 1. The maximum atomic E-state index is 12.6. The number of hydrogen-bond donors (Lipinski definition) is 3. The lowest BCUT2D eigenvalue weighted by atomic mass is 10.1. The van der Waals surface area contributed by atoms with Crippen molar-refractivity contribution >= 4 is 35.0 Å². The molecule has 0 bridgehead atoms. The highest BCUT2D eigenvalue weighted by Crippen LogP contribution is 2.35. The molecule has 0 radical (unpaired) electrons. The molecule has 5 aromatic rings. The summed E-state index contributed by atoms with van der Waals surface area (Å²) in [6.45, 7) is 4.77. The van der Waals surface area contributed by atoms with Crippen molar-refractivity contribution in [3.8, 4) is 28.5 Å². The van der Waals surface area contributed by atoms with Gasteiger partial charge in [-0.2, -0.15) is 18.2 Å². The van der Waals surface area contributed by atoms with E-state index in [2.05, 4.69) is 27.1 Å². The maximum Gasteiger partial charge on any atom is 0.416 e. The van der Waals surface area contributed by atoms with E-state index in [0.717, 1.165) is 48.6 Å². The highest BCUT2D eigenvalue weighted by atomic mass is 35.5. The van der Waals surface area contributed by atoms with E-state index in [9.17, 15) is 13.2 Å². The number of nitrogens with zero attached hydrogens (tertiary/aromatic N) is 3. The van der Waals surface area contributed by atoms with Crippen LogP contribution in [0.5, 0.6) is 17.2 Å². The maximum absolute atomic E-state index is 12.6. The topological polar surface area (TPSA) is 130 Å². The minimum absolute atomic E-state index is 0.0133. The van der Waals surface area contributed by atoms with Crippen LogP contribution < -0.4 is 31.0 Å². The lowest BCUT2D eigenvalue weighted by Gasteiger charge is -2.20. The highest BCUT2D eigenvalue weighted by molar-refractivity contribution is 6.43. The van der Waals surface area contributed by atoms with Gasteiger partial charge in [0.1, 0.15) is 17.5 Å². The number of halogens is 5. The summed E-state index contributed by atoms with van der Waals surface area (Å²) in [4.78, 5) is 3.80. The molecule has 2 heterocycles. The monoisotopic (exact) mass is 726 g/mol. The minimum Gasteiger partial charge on any atom is -0.486 e. The Bertz CT molecular complexity index is 1850. The quantitative estimate of drug-likeness (QED) is 0.128. The predicted octanol–water partition coefficient (Wildman–Crippen LogP) is 8.59. The Hall–Kier alpha value is -5.04.